The van der Waals surface area contributed by atoms with E-state index in [0.29, 0.717) is 12.0 Å². The Kier molecular flexibility index (Phi) is 9.99. The summed E-state index contributed by atoms with van der Waals surface area (Å²) >= 11 is 0. The van der Waals surface area contributed by atoms with Gasteiger partial charge in [-0.3, -0.25) is 4.79 Å². The first-order chi connectivity index (χ1) is 13.6. The maximum atomic E-state index is 11.9. The zero-order chi connectivity index (χ0) is 19.8. The van der Waals surface area contributed by atoms with Crippen molar-refractivity contribution in [1.29, 1.82) is 0 Å². The second-order valence-corrected chi connectivity index (χ2v) is 7.80. The Balaban J connectivity index is 0.00000300. The van der Waals surface area contributed by atoms with Gasteiger partial charge >= 0.3 is 0 Å². The molecule has 0 saturated carbocycles. The zero-order valence-corrected chi connectivity index (χ0v) is 19.8. The number of rotatable bonds is 6. The largest absolute Gasteiger partial charge is 0.381 e. The quantitative estimate of drug-likeness (QED) is 0.345. The van der Waals surface area contributed by atoms with Gasteiger partial charge in [0.15, 0.2) is 5.96 Å². The van der Waals surface area contributed by atoms with Crippen LogP contribution in [0.25, 0.3) is 0 Å². The van der Waals surface area contributed by atoms with Gasteiger partial charge in [-0.1, -0.05) is 18.2 Å². The topological polar surface area (TPSA) is 69.2 Å². The number of carbonyl (C=O) groups is 1. The van der Waals surface area contributed by atoms with E-state index in [0.717, 1.165) is 58.1 Å². The molecule has 2 aliphatic rings. The standard InChI is InChI=1S/C21H33N5O2.HI/c1-25(2)20(27)15-23-21(22-14-17-10-13-28-16-17)24-18-8-11-26(12-9-18)19-6-4-3-5-7-19;/h3-7,17-18H,8-16H2,1-2H3,(H2,22,23,24);1H. The monoisotopic (exact) mass is 515 g/mol. The van der Waals surface area contributed by atoms with Crippen molar-refractivity contribution in [3.63, 3.8) is 0 Å². The first kappa shape index (κ1) is 23.7. The van der Waals surface area contributed by atoms with Gasteiger partial charge in [0.05, 0.1) is 6.61 Å². The third-order valence-corrected chi connectivity index (χ3v) is 5.41. The zero-order valence-electron chi connectivity index (χ0n) is 17.5. The van der Waals surface area contributed by atoms with Crippen LogP contribution in [0.1, 0.15) is 19.3 Å². The average Bonchev–Trinajstić information content (AvgIpc) is 3.24. The molecule has 2 saturated heterocycles. The number of likely N-dealkylation sites (N-methyl/N-ethyl adjacent to an activating group) is 1. The van der Waals surface area contributed by atoms with Gasteiger partial charge in [0.2, 0.25) is 5.91 Å². The summed E-state index contributed by atoms with van der Waals surface area (Å²) in [6.07, 6.45) is 3.17. The summed E-state index contributed by atoms with van der Waals surface area (Å²) in [4.78, 5) is 20.5. The molecule has 29 heavy (non-hydrogen) atoms. The second-order valence-electron chi connectivity index (χ2n) is 7.80. The lowest BCUT2D eigenvalue weighted by atomic mass is 10.0. The first-order valence-corrected chi connectivity index (χ1v) is 10.2. The maximum absolute atomic E-state index is 11.9. The molecule has 8 heteroatoms. The smallest absolute Gasteiger partial charge is 0.243 e. The molecule has 1 aromatic carbocycles. The molecule has 0 aromatic heterocycles. The molecule has 2 N–H and O–H groups in total. The number of ether oxygens (including phenoxy) is 1. The average molecular weight is 515 g/mol. The highest BCUT2D eigenvalue weighted by molar-refractivity contribution is 14.0. The molecule has 1 amide bonds. The third-order valence-electron chi connectivity index (χ3n) is 5.41. The lowest BCUT2D eigenvalue weighted by Crippen LogP contribution is -2.49. The van der Waals surface area contributed by atoms with Crippen LogP contribution in [-0.4, -0.2) is 76.3 Å². The fourth-order valence-corrected chi connectivity index (χ4v) is 3.54. The van der Waals surface area contributed by atoms with Crippen LogP contribution in [-0.2, 0) is 9.53 Å². The number of para-hydroxylation sites is 1. The van der Waals surface area contributed by atoms with Crippen molar-refractivity contribution in [1.82, 2.24) is 15.5 Å². The molecule has 1 atom stereocenters. The number of guanidine groups is 1. The predicted molar refractivity (Wildman–Crippen MR) is 128 cm³/mol. The summed E-state index contributed by atoms with van der Waals surface area (Å²) < 4.78 is 5.46. The minimum absolute atomic E-state index is 0. The Morgan fingerprint density at radius 1 is 1.21 bits per heavy atom. The van der Waals surface area contributed by atoms with Gasteiger partial charge in [-0.15, -0.1) is 24.0 Å². The number of nitrogens with one attached hydrogen (secondary N) is 2. The molecule has 0 aliphatic carbocycles. The fourth-order valence-electron chi connectivity index (χ4n) is 3.54. The third kappa shape index (κ3) is 7.65. The highest BCUT2D eigenvalue weighted by Gasteiger charge is 2.21. The molecule has 3 rings (SSSR count). The van der Waals surface area contributed by atoms with E-state index in [9.17, 15) is 4.79 Å². The lowest BCUT2D eigenvalue weighted by molar-refractivity contribution is -0.127. The van der Waals surface area contributed by atoms with Crippen LogP contribution in [0.5, 0.6) is 0 Å². The molecule has 7 nitrogen and oxygen atoms in total. The Labute approximate surface area is 191 Å². The SMILES string of the molecule is CN(C)C(=O)CN=C(NCC1CCOC1)NC1CCN(c2ccccc2)CC1.I. The van der Waals surface area contributed by atoms with E-state index in [1.807, 2.05) is 0 Å². The Hall–Kier alpha value is -1.55. The number of hydrogen-bond donors (Lipinski definition) is 2. The minimum atomic E-state index is 0. The fraction of sp³-hybridized carbons (Fsp3) is 0.619. The van der Waals surface area contributed by atoms with Gasteiger partial charge in [-0.25, -0.2) is 4.99 Å². The van der Waals surface area contributed by atoms with E-state index < -0.39 is 0 Å². The van der Waals surface area contributed by atoms with Gasteiger partial charge in [0.25, 0.3) is 0 Å². The normalized spacial score (nSPS) is 20.1. The van der Waals surface area contributed by atoms with Crippen molar-refractivity contribution in [2.45, 2.75) is 25.3 Å². The molecule has 2 heterocycles. The Morgan fingerprint density at radius 2 is 1.93 bits per heavy atom. The minimum Gasteiger partial charge on any atom is -0.381 e. The number of aliphatic imine (C=N–C) groups is 1. The van der Waals surface area contributed by atoms with E-state index in [-0.39, 0.29) is 36.4 Å². The van der Waals surface area contributed by atoms with Gasteiger partial charge in [-0.05, 0) is 31.4 Å². The van der Waals surface area contributed by atoms with Crippen LogP contribution in [0.2, 0.25) is 0 Å². The number of benzene rings is 1. The molecule has 0 spiro atoms. The Morgan fingerprint density at radius 3 is 2.55 bits per heavy atom. The lowest BCUT2D eigenvalue weighted by Gasteiger charge is -2.34. The van der Waals surface area contributed by atoms with Crippen LogP contribution in [0.15, 0.2) is 35.3 Å². The van der Waals surface area contributed by atoms with Crippen LogP contribution in [0, 0.1) is 5.92 Å². The summed E-state index contributed by atoms with van der Waals surface area (Å²) in [5.41, 5.74) is 1.28. The van der Waals surface area contributed by atoms with Crippen molar-refractivity contribution in [2.24, 2.45) is 10.9 Å². The van der Waals surface area contributed by atoms with Gasteiger partial charge in [0.1, 0.15) is 6.54 Å². The van der Waals surface area contributed by atoms with E-state index in [1.165, 1.54) is 5.69 Å². The molecular formula is C21H34IN5O2. The summed E-state index contributed by atoms with van der Waals surface area (Å²) in [5.74, 6) is 1.25. The predicted octanol–water partition coefficient (Wildman–Crippen LogP) is 1.93. The van der Waals surface area contributed by atoms with Gasteiger partial charge in [-0.2, -0.15) is 0 Å². The van der Waals surface area contributed by atoms with Crippen LogP contribution < -0.4 is 15.5 Å². The van der Waals surface area contributed by atoms with E-state index in [2.05, 4.69) is 50.9 Å². The number of anilines is 1. The number of nitrogens with zero attached hydrogens (tertiary/aromatic N) is 3. The van der Waals surface area contributed by atoms with Crippen molar-refractivity contribution >= 4 is 41.5 Å². The molecular weight excluding hydrogens is 481 g/mol. The molecule has 0 radical (unpaired) electrons. The second kappa shape index (κ2) is 12.2. The number of hydrogen-bond acceptors (Lipinski definition) is 4. The molecule has 162 valence electrons. The van der Waals surface area contributed by atoms with Gasteiger partial charge < -0.3 is 25.2 Å². The maximum Gasteiger partial charge on any atom is 0.243 e. The van der Waals surface area contributed by atoms with Gasteiger partial charge in [0, 0.05) is 58.0 Å². The summed E-state index contributed by atoms with van der Waals surface area (Å²) in [7, 11) is 3.51. The summed E-state index contributed by atoms with van der Waals surface area (Å²) in [6, 6.07) is 10.9. The molecule has 1 unspecified atom stereocenters. The molecule has 0 bridgehead atoms. The van der Waals surface area contributed by atoms with Crippen molar-refractivity contribution in [3.8, 4) is 0 Å². The molecule has 2 fully saturated rings. The summed E-state index contributed by atoms with van der Waals surface area (Å²) in [6.45, 7) is 4.65. The van der Waals surface area contributed by atoms with Crippen LogP contribution >= 0.6 is 24.0 Å². The number of amides is 1. The van der Waals surface area contributed by atoms with E-state index in [1.54, 1.807) is 19.0 Å². The van der Waals surface area contributed by atoms with Crippen molar-refractivity contribution in [3.05, 3.63) is 30.3 Å². The number of halogens is 1. The van der Waals surface area contributed by atoms with Crippen molar-refractivity contribution < 1.29 is 9.53 Å². The summed E-state index contributed by atoms with van der Waals surface area (Å²) in [5, 5.41) is 6.97. The number of piperidine rings is 1. The number of carbonyl (C=O) groups excluding carboxylic acids is 1. The first-order valence-electron chi connectivity index (χ1n) is 10.2. The highest BCUT2D eigenvalue weighted by atomic mass is 127. The van der Waals surface area contributed by atoms with Crippen LogP contribution in [0.3, 0.4) is 0 Å². The van der Waals surface area contributed by atoms with E-state index >= 15 is 0 Å². The van der Waals surface area contributed by atoms with Crippen molar-refractivity contribution in [2.75, 3.05) is 58.4 Å². The highest BCUT2D eigenvalue weighted by Crippen LogP contribution is 2.19. The van der Waals surface area contributed by atoms with Crippen LogP contribution in [0.4, 0.5) is 5.69 Å². The van der Waals surface area contributed by atoms with E-state index in [4.69, 9.17) is 4.74 Å². The molecule has 2 aliphatic heterocycles. The Bertz CT molecular complexity index is 642. The molecule has 1 aromatic rings.